The maximum atomic E-state index is 12.6. The molecular weight excluding hydrogens is 392 g/mol. The van der Waals surface area contributed by atoms with E-state index in [0.29, 0.717) is 11.3 Å². The molecule has 0 fully saturated rings. The first-order valence-electron chi connectivity index (χ1n) is 8.81. The first kappa shape index (κ1) is 20.5. The number of ketones is 1. The summed E-state index contributed by atoms with van der Waals surface area (Å²) in [5.74, 6) is -1.03. The van der Waals surface area contributed by atoms with E-state index in [0.717, 1.165) is 10.9 Å². The largest absolute Gasteiger partial charge is 0.454 e. The van der Waals surface area contributed by atoms with Crippen LogP contribution in [0.3, 0.4) is 0 Å². The smallest absolute Gasteiger partial charge is 0.338 e. The lowest BCUT2D eigenvalue weighted by Crippen LogP contribution is -2.23. The first-order chi connectivity index (χ1) is 13.8. The molecule has 2 aromatic carbocycles. The van der Waals surface area contributed by atoms with E-state index in [1.54, 1.807) is 6.92 Å². The zero-order chi connectivity index (χ0) is 21.0. The minimum atomic E-state index is -3.68. The maximum absolute atomic E-state index is 12.6. The van der Waals surface area contributed by atoms with Gasteiger partial charge >= 0.3 is 5.97 Å². The molecule has 0 saturated heterocycles. The Hall–Kier alpha value is -3.23. The van der Waals surface area contributed by atoms with E-state index in [4.69, 9.17) is 4.74 Å². The van der Waals surface area contributed by atoms with Gasteiger partial charge in [-0.15, -0.1) is 6.58 Å². The predicted molar refractivity (Wildman–Crippen MR) is 109 cm³/mol. The highest BCUT2D eigenvalue weighted by atomic mass is 32.2. The number of para-hydroxylation sites is 1. The molecule has 0 unspecified atom stereocenters. The average Bonchev–Trinajstić information content (AvgIpc) is 3.06. The predicted octanol–water partition coefficient (Wildman–Crippen LogP) is 2.98. The van der Waals surface area contributed by atoms with Crippen LogP contribution in [0.1, 0.15) is 26.4 Å². The molecule has 150 valence electrons. The number of hydrogen-bond donors (Lipinski definition) is 2. The molecule has 1 heterocycles. The number of rotatable bonds is 8. The second-order valence-corrected chi connectivity index (χ2v) is 8.10. The number of aromatic nitrogens is 1. The van der Waals surface area contributed by atoms with Crippen molar-refractivity contribution in [1.82, 2.24) is 9.71 Å². The van der Waals surface area contributed by atoms with Crippen molar-refractivity contribution in [3.05, 3.63) is 78.0 Å². The molecule has 2 N–H and O–H groups in total. The molecule has 0 atom stereocenters. The molecule has 0 aliphatic carbocycles. The van der Waals surface area contributed by atoms with Crippen LogP contribution in [0.4, 0.5) is 0 Å². The van der Waals surface area contributed by atoms with Gasteiger partial charge in [-0.25, -0.2) is 17.9 Å². The lowest BCUT2D eigenvalue weighted by molar-refractivity contribution is 0.0475. The summed E-state index contributed by atoms with van der Waals surface area (Å²) in [5, 5.41) is 0.771. The lowest BCUT2D eigenvalue weighted by Gasteiger charge is -2.07. The van der Waals surface area contributed by atoms with Gasteiger partial charge in [-0.3, -0.25) is 4.79 Å². The normalized spacial score (nSPS) is 11.3. The third-order valence-corrected chi connectivity index (χ3v) is 5.76. The van der Waals surface area contributed by atoms with Gasteiger partial charge in [0, 0.05) is 28.7 Å². The van der Waals surface area contributed by atoms with Gasteiger partial charge in [-0.2, -0.15) is 0 Å². The molecule has 0 aliphatic heterocycles. The number of H-pyrrole nitrogens is 1. The van der Waals surface area contributed by atoms with E-state index in [9.17, 15) is 18.0 Å². The van der Waals surface area contributed by atoms with Crippen LogP contribution in [0, 0.1) is 6.92 Å². The van der Waals surface area contributed by atoms with Crippen LogP contribution in [0.15, 0.2) is 66.1 Å². The number of Topliss-reactive ketones (excluding diaryl/α,β-unsaturated/α-hetero) is 1. The first-order valence-corrected chi connectivity index (χ1v) is 10.3. The molecule has 0 saturated carbocycles. The molecule has 0 radical (unpaired) electrons. The fourth-order valence-electron chi connectivity index (χ4n) is 2.94. The molecule has 1 aromatic heterocycles. The number of esters is 1. The Kier molecular flexibility index (Phi) is 5.95. The molecule has 8 heteroatoms. The monoisotopic (exact) mass is 412 g/mol. The van der Waals surface area contributed by atoms with Crippen LogP contribution in [-0.2, 0) is 14.8 Å². The topological polar surface area (TPSA) is 105 Å². The highest BCUT2D eigenvalue weighted by Gasteiger charge is 2.19. The van der Waals surface area contributed by atoms with E-state index >= 15 is 0 Å². The number of carbonyl (C=O) groups excluding carboxylic acids is 2. The van der Waals surface area contributed by atoms with E-state index < -0.39 is 22.6 Å². The van der Waals surface area contributed by atoms with Gasteiger partial charge in [0.25, 0.3) is 0 Å². The number of sulfonamides is 1. The molecule has 0 aliphatic rings. The summed E-state index contributed by atoms with van der Waals surface area (Å²) in [5.41, 5.74) is 2.18. The van der Waals surface area contributed by atoms with Gasteiger partial charge in [0.05, 0.1) is 10.5 Å². The zero-order valence-corrected chi connectivity index (χ0v) is 16.6. The standard InChI is InChI=1S/C21H20N2O5S/c1-3-12-22-29(26,27)16-10-8-15(9-11-16)21(25)28-13-19(24)20-14(2)23-18-7-5-4-6-17(18)20/h3-11,22-23H,1,12-13H2,2H3. The second-order valence-electron chi connectivity index (χ2n) is 6.33. The Bertz CT molecular complexity index is 1180. The van der Waals surface area contributed by atoms with Crippen molar-refractivity contribution in [2.45, 2.75) is 11.8 Å². The van der Waals surface area contributed by atoms with Crippen molar-refractivity contribution in [3.8, 4) is 0 Å². The van der Waals surface area contributed by atoms with Crippen LogP contribution >= 0.6 is 0 Å². The number of carbonyl (C=O) groups is 2. The summed E-state index contributed by atoms with van der Waals surface area (Å²) in [6.45, 7) is 4.92. The van der Waals surface area contributed by atoms with Crippen molar-refractivity contribution < 1.29 is 22.7 Å². The summed E-state index contributed by atoms with van der Waals surface area (Å²) >= 11 is 0. The van der Waals surface area contributed by atoms with Crippen LogP contribution in [-0.4, -0.2) is 38.3 Å². The third-order valence-electron chi connectivity index (χ3n) is 4.32. The minimum absolute atomic E-state index is 0.0152. The highest BCUT2D eigenvalue weighted by Crippen LogP contribution is 2.22. The number of nitrogens with one attached hydrogen (secondary N) is 2. The van der Waals surface area contributed by atoms with Gasteiger partial charge in [-0.1, -0.05) is 24.3 Å². The number of aryl methyl sites for hydroxylation is 1. The zero-order valence-electron chi connectivity index (χ0n) is 15.8. The number of fused-ring (bicyclic) bond motifs is 1. The van der Waals surface area contributed by atoms with E-state index in [2.05, 4.69) is 16.3 Å². The van der Waals surface area contributed by atoms with Crippen LogP contribution in [0.25, 0.3) is 10.9 Å². The number of ether oxygens (including phenoxy) is 1. The van der Waals surface area contributed by atoms with Crippen molar-refractivity contribution in [1.29, 1.82) is 0 Å². The van der Waals surface area contributed by atoms with E-state index in [1.165, 1.54) is 30.3 Å². The van der Waals surface area contributed by atoms with E-state index in [1.807, 2.05) is 24.3 Å². The average molecular weight is 412 g/mol. The Morgan fingerprint density at radius 1 is 1.14 bits per heavy atom. The molecule has 7 nitrogen and oxygen atoms in total. The maximum Gasteiger partial charge on any atom is 0.338 e. The molecule has 3 aromatic rings. The van der Waals surface area contributed by atoms with Gasteiger partial charge < -0.3 is 9.72 Å². The minimum Gasteiger partial charge on any atom is -0.454 e. The van der Waals surface area contributed by atoms with Crippen molar-refractivity contribution in [3.63, 3.8) is 0 Å². The summed E-state index contributed by atoms with van der Waals surface area (Å²) in [4.78, 5) is 28.0. The van der Waals surface area contributed by atoms with E-state index in [-0.39, 0.29) is 22.8 Å². The second kappa shape index (κ2) is 8.42. The Morgan fingerprint density at radius 2 is 1.83 bits per heavy atom. The van der Waals surface area contributed by atoms with Crippen LogP contribution < -0.4 is 4.72 Å². The van der Waals surface area contributed by atoms with Gasteiger partial charge in [0.1, 0.15) is 0 Å². The third kappa shape index (κ3) is 4.44. The quantitative estimate of drug-likeness (QED) is 0.336. The van der Waals surface area contributed by atoms with Gasteiger partial charge in [-0.05, 0) is 37.3 Å². The molecule has 0 spiro atoms. The Morgan fingerprint density at radius 3 is 2.52 bits per heavy atom. The Labute approximate surface area is 168 Å². The van der Waals surface area contributed by atoms with Crippen molar-refractivity contribution in [2.24, 2.45) is 0 Å². The van der Waals surface area contributed by atoms with Crippen LogP contribution in [0.2, 0.25) is 0 Å². The molecule has 3 rings (SSSR count). The SMILES string of the molecule is C=CCNS(=O)(=O)c1ccc(C(=O)OCC(=O)c2c(C)[nH]c3ccccc23)cc1. The number of aromatic amines is 1. The van der Waals surface area contributed by atoms with Gasteiger partial charge in [0.15, 0.2) is 6.61 Å². The Balaban J connectivity index is 1.68. The summed E-state index contributed by atoms with van der Waals surface area (Å²) < 4.78 is 31.5. The highest BCUT2D eigenvalue weighted by molar-refractivity contribution is 7.89. The fourth-order valence-corrected chi connectivity index (χ4v) is 3.94. The summed E-state index contributed by atoms with van der Waals surface area (Å²) in [6, 6.07) is 12.7. The van der Waals surface area contributed by atoms with Crippen molar-refractivity contribution >= 4 is 32.7 Å². The number of hydrogen-bond acceptors (Lipinski definition) is 5. The van der Waals surface area contributed by atoms with Gasteiger partial charge in [0.2, 0.25) is 15.8 Å². The summed E-state index contributed by atoms with van der Waals surface area (Å²) in [7, 11) is -3.68. The molecule has 0 bridgehead atoms. The molecule has 29 heavy (non-hydrogen) atoms. The number of benzene rings is 2. The van der Waals surface area contributed by atoms with Crippen molar-refractivity contribution in [2.75, 3.05) is 13.2 Å². The molecular formula is C21H20N2O5S. The fraction of sp³-hybridized carbons (Fsp3) is 0.143. The van der Waals surface area contributed by atoms with Crippen LogP contribution in [0.5, 0.6) is 0 Å². The summed E-state index contributed by atoms with van der Waals surface area (Å²) in [6.07, 6.45) is 1.43. The lowest BCUT2D eigenvalue weighted by atomic mass is 10.1. The molecule has 0 amide bonds.